The van der Waals surface area contributed by atoms with Crippen LogP contribution >= 0.6 is 0 Å². The molecule has 0 aliphatic carbocycles. The number of benzene rings is 2. The van der Waals surface area contributed by atoms with Crippen LogP contribution in [0.3, 0.4) is 0 Å². The molecule has 0 radical (unpaired) electrons. The molecule has 3 aromatic rings. The molecule has 6 nitrogen and oxygen atoms in total. The van der Waals surface area contributed by atoms with Gasteiger partial charge in [0.05, 0.1) is 11.1 Å². The Morgan fingerprint density at radius 2 is 1.62 bits per heavy atom. The fourth-order valence-corrected chi connectivity index (χ4v) is 2.32. The van der Waals surface area contributed by atoms with E-state index in [1.54, 1.807) is 48.5 Å². The van der Waals surface area contributed by atoms with Gasteiger partial charge in [-0.25, -0.2) is 4.79 Å². The van der Waals surface area contributed by atoms with Crippen LogP contribution in [0, 0.1) is 0 Å². The van der Waals surface area contributed by atoms with Crippen LogP contribution in [0.1, 0.15) is 17.4 Å². The maximum Gasteiger partial charge on any atom is 0.359 e. The molecule has 3 rings (SSSR count). The summed E-state index contributed by atoms with van der Waals surface area (Å²) in [6.45, 7) is 0.989. The molecule has 6 heteroatoms. The zero-order valence-electron chi connectivity index (χ0n) is 12.9. The molecule has 0 unspecified atom stereocenters. The van der Waals surface area contributed by atoms with Gasteiger partial charge in [0.1, 0.15) is 6.61 Å². The predicted molar refractivity (Wildman–Crippen MR) is 88.3 cm³/mol. The van der Waals surface area contributed by atoms with Gasteiger partial charge in [-0.2, -0.15) is 9.78 Å². The number of ketones is 1. The summed E-state index contributed by atoms with van der Waals surface area (Å²) in [5.41, 5.74) is 0.198. The first-order chi connectivity index (χ1) is 11.6. The van der Waals surface area contributed by atoms with Crippen molar-refractivity contribution in [2.75, 3.05) is 6.61 Å². The smallest absolute Gasteiger partial charge is 0.359 e. The summed E-state index contributed by atoms with van der Waals surface area (Å²) in [6, 6.07) is 15.5. The molecule has 1 heterocycles. The number of ether oxygens (including phenoxy) is 1. The molecule has 0 saturated heterocycles. The second-order valence-electron chi connectivity index (χ2n) is 5.22. The summed E-state index contributed by atoms with van der Waals surface area (Å²) >= 11 is 0. The lowest BCUT2D eigenvalue weighted by atomic mass is 10.1. The largest absolute Gasteiger partial charge is 0.453 e. The van der Waals surface area contributed by atoms with Crippen LogP contribution in [0.15, 0.2) is 59.4 Å². The number of esters is 1. The van der Waals surface area contributed by atoms with Gasteiger partial charge in [0.15, 0.2) is 11.5 Å². The predicted octanol–water partition coefficient (Wildman–Crippen LogP) is 2.13. The number of hydrogen-bond acceptors (Lipinski definition) is 5. The molecule has 24 heavy (non-hydrogen) atoms. The van der Waals surface area contributed by atoms with Gasteiger partial charge in [-0.15, -0.1) is 0 Å². The van der Waals surface area contributed by atoms with E-state index in [-0.39, 0.29) is 23.6 Å². The Labute approximate surface area is 137 Å². The molecule has 0 aliphatic heterocycles. The van der Waals surface area contributed by atoms with E-state index in [4.69, 9.17) is 4.74 Å². The molecular weight excluding hydrogens is 308 g/mol. The van der Waals surface area contributed by atoms with Gasteiger partial charge < -0.3 is 4.74 Å². The van der Waals surface area contributed by atoms with Crippen LogP contribution in [0.5, 0.6) is 0 Å². The van der Waals surface area contributed by atoms with Gasteiger partial charge in [0, 0.05) is 5.39 Å². The van der Waals surface area contributed by atoms with Crippen LogP contribution in [-0.4, -0.2) is 28.1 Å². The minimum atomic E-state index is -0.744. The SMILES string of the molecule is CC(=O)COC(=O)c1nn(-c2ccccc2)c(=O)c2ccccc12. The van der Waals surface area contributed by atoms with E-state index >= 15 is 0 Å². The van der Waals surface area contributed by atoms with Crippen molar-refractivity contribution in [3.05, 3.63) is 70.6 Å². The highest BCUT2D eigenvalue weighted by atomic mass is 16.5. The Hall–Kier alpha value is -3.28. The first-order valence-corrected chi connectivity index (χ1v) is 7.32. The summed E-state index contributed by atoms with van der Waals surface area (Å²) in [6.07, 6.45) is 0. The van der Waals surface area contributed by atoms with Gasteiger partial charge >= 0.3 is 5.97 Å². The van der Waals surface area contributed by atoms with Crippen molar-refractivity contribution in [3.63, 3.8) is 0 Å². The highest BCUT2D eigenvalue weighted by Crippen LogP contribution is 2.16. The number of rotatable bonds is 4. The minimum absolute atomic E-state index is 0.00435. The molecule has 0 atom stereocenters. The van der Waals surface area contributed by atoms with E-state index in [0.717, 1.165) is 4.68 Å². The van der Waals surface area contributed by atoms with Gasteiger partial charge in [0.25, 0.3) is 5.56 Å². The number of aromatic nitrogens is 2. The number of Topliss-reactive ketones (excluding diaryl/α,β-unsaturated/α-hetero) is 1. The van der Waals surface area contributed by atoms with Crippen molar-refractivity contribution in [1.29, 1.82) is 0 Å². The number of fused-ring (bicyclic) bond motifs is 1. The van der Waals surface area contributed by atoms with E-state index in [9.17, 15) is 14.4 Å². The molecule has 0 saturated carbocycles. The molecule has 1 aromatic heterocycles. The third-order valence-corrected chi connectivity index (χ3v) is 3.41. The topological polar surface area (TPSA) is 78.3 Å². The Balaban J connectivity index is 2.21. The molecule has 0 bridgehead atoms. The lowest BCUT2D eigenvalue weighted by molar-refractivity contribution is -0.120. The van der Waals surface area contributed by atoms with Crippen molar-refractivity contribution in [3.8, 4) is 5.69 Å². The highest BCUT2D eigenvalue weighted by Gasteiger charge is 2.18. The molecule has 2 aromatic carbocycles. The van der Waals surface area contributed by atoms with E-state index < -0.39 is 5.97 Å². The van der Waals surface area contributed by atoms with Crippen LogP contribution in [-0.2, 0) is 9.53 Å². The van der Waals surface area contributed by atoms with Crippen molar-refractivity contribution >= 4 is 22.5 Å². The summed E-state index contributed by atoms with van der Waals surface area (Å²) < 4.78 is 6.12. The third-order valence-electron chi connectivity index (χ3n) is 3.41. The number of carbonyl (C=O) groups is 2. The molecule has 0 N–H and O–H groups in total. The Morgan fingerprint density at radius 1 is 1.00 bits per heavy atom. The van der Waals surface area contributed by atoms with Crippen molar-refractivity contribution < 1.29 is 14.3 Å². The lowest BCUT2D eigenvalue weighted by Gasteiger charge is -2.10. The first-order valence-electron chi connectivity index (χ1n) is 7.32. The first kappa shape index (κ1) is 15.6. The molecule has 0 amide bonds. The average Bonchev–Trinajstić information content (AvgIpc) is 2.61. The lowest BCUT2D eigenvalue weighted by Crippen LogP contribution is -2.25. The van der Waals surface area contributed by atoms with Crippen molar-refractivity contribution in [1.82, 2.24) is 9.78 Å². The zero-order chi connectivity index (χ0) is 17.1. The van der Waals surface area contributed by atoms with Gasteiger partial charge in [-0.3, -0.25) is 9.59 Å². The summed E-state index contributed by atoms with van der Waals surface area (Å²) in [4.78, 5) is 36.0. The fraction of sp³-hybridized carbons (Fsp3) is 0.111. The van der Waals surface area contributed by atoms with E-state index in [1.165, 1.54) is 6.92 Å². The monoisotopic (exact) mass is 322 g/mol. The number of nitrogens with zero attached hydrogens (tertiary/aromatic N) is 2. The fourth-order valence-electron chi connectivity index (χ4n) is 2.32. The van der Waals surface area contributed by atoms with Crippen LogP contribution in [0.25, 0.3) is 16.5 Å². The maximum atomic E-state index is 12.7. The van der Waals surface area contributed by atoms with Gasteiger partial charge in [-0.05, 0) is 25.1 Å². The van der Waals surface area contributed by atoms with Gasteiger partial charge in [0.2, 0.25) is 0 Å². The second kappa shape index (κ2) is 6.45. The summed E-state index contributed by atoms with van der Waals surface area (Å²) in [5, 5.41) is 4.91. The van der Waals surface area contributed by atoms with Crippen LogP contribution < -0.4 is 5.56 Å². The number of hydrogen-bond donors (Lipinski definition) is 0. The third kappa shape index (κ3) is 2.94. The van der Waals surface area contributed by atoms with Crippen molar-refractivity contribution in [2.45, 2.75) is 6.92 Å². The van der Waals surface area contributed by atoms with E-state index in [2.05, 4.69) is 5.10 Å². The highest BCUT2D eigenvalue weighted by molar-refractivity contribution is 6.02. The van der Waals surface area contributed by atoms with E-state index in [1.807, 2.05) is 6.07 Å². The van der Waals surface area contributed by atoms with Gasteiger partial charge in [-0.1, -0.05) is 36.4 Å². The quantitative estimate of drug-likeness (QED) is 0.688. The summed E-state index contributed by atoms with van der Waals surface area (Å²) in [5.74, 6) is -1.02. The standard InChI is InChI=1S/C18H14N2O4/c1-12(21)11-24-18(23)16-14-9-5-6-10-15(14)17(22)20(19-16)13-7-3-2-4-8-13/h2-10H,11H2,1H3. The maximum absolute atomic E-state index is 12.7. The normalized spacial score (nSPS) is 10.5. The average molecular weight is 322 g/mol. The second-order valence-corrected chi connectivity index (χ2v) is 5.22. The van der Waals surface area contributed by atoms with Crippen LogP contribution in [0.4, 0.5) is 0 Å². The number of para-hydroxylation sites is 1. The Bertz CT molecular complexity index is 977. The number of carbonyl (C=O) groups excluding carboxylic acids is 2. The Morgan fingerprint density at radius 3 is 2.29 bits per heavy atom. The molecule has 0 fully saturated rings. The Kier molecular flexibility index (Phi) is 4.20. The molecule has 0 spiro atoms. The molecule has 120 valence electrons. The summed E-state index contributed by atoms with van der Waals surface area (Å²) in [7, 11) is 0. The van der Waals surface area contributed by atoms with Crippen LogP contribution in [0.2, 0.25) is 0 Å². The molecule has 0 aliphatic rings. The zero-order valence-corrected chi connectivity index (χ0v) is 12.9. The van der Waals surface area contributed by atoms with Crippen molar-refractivity contribution in [2.24, 2.45) is 0 Å². The van der Waals surface area contributed by atoms with E-state index in [0.29, 0.717) is 16.5 Å². The minimum Gasteiger partial charge on any atom is -0.453 e. The molecular formula is C18H14N2O4.